The summed E-state index contributed by atoms with van der Waals surface area (Å²) in [6, 6.07) is 4.26. The Balaban J connectivity index is 1.37. The number of rotatable bonds is 7. The van der Waals surface area contributed by atoms with Crippen LogP contribution in [0.25, 0.3) is 0 Å². The maximum atomic E-state index is 13.4. The maximum absolute atomic E-state index is 13.4. The van der Waals surface area contributed by atoms with Crippen LogP contribution in [0.4, 0.5) is 30.9 Å². The standard InChI is InChI=1S/C23H26F2N6O5/c24-23(25)9-18(23)28-21(34)16-3-4-17-20(27-16)31(13-2-1-7-30(17)10-13)22(35)29-19-8-15(5-6-26-19)36-12-14(33)11-32/h3-6,8,13-14,18,32-33H,1-2,7,9-12H2,(H,28,34)(H,26,29,35)/t13-,14?,18?/m0/s1. The first kappa shape index (κ1) is 24.1. The van der Waals surface area contributed by atoms with E-state index in [1.54, 1.807) is 12.1 Å². The first-order valence-electron chi connectivity index (χ1n) is 11.7. The summed E-state index contributed by atoms with van der Waals surface area (Å²) in [6.07, 6.45) is 1.58. The third-order valence-electron chi connectivity index (χ3n) is 6.39. The van der Waals surface area contributed by atoms with Crippen LogP contribution in [0.5, 0.6) is 5.75 Å². The molecule has 3 aliphatic rings. The number of nitrogens with zero attached hydrogens (tertiary/aromatic N) is 4. The van der Waals surface area contributed by atoms with Crippen molar-refractivity contribution in [1.82, 2.24) is 15.3 Å². The molecule has 2 fully saturated rings. The summed E-state index contributed by atoms with van der Waals surface area (Å²) >= 11 is 0. The van der Waals surface area contributed by atoms with E-state index in [2.05, 4.69) is 25.5 Å². The van der Waals surface area contributed by atoms with Crippen LogP contribution in [0.2, 0.25) is 0 Å². The fraction of sp³-hybridized carbons (Fsp3) is 0.478. The van der Waals surface area contributed by atoms with E-state index in [9.17, 15) is 23.5 Å². The van der Waals surface area contributed by atoms with Crippen LogP contribution in [0, 0.1) is 0 Å². The van der Waals surface area contributed by atoms with Crippen molar-refractivity contribution in [2.75, 3.05) is 41.4 Å². The summed E-state index contributed by atoms with van der Waals surface area (Å²) in [5.41, 5.74) is 0.629. The van der Waals surface area contributed by atoms with Gasteiger partial charge in [-0.3, -0.25) is 15.0 Å². The quantitative estimate of drug-likeness (QED) is 0.443. The maximum Gasteiger partial charge on any atom is 0.329 e. The van der Waals surface area contributed by atoms with Crippen LogP contribution in [-0.2, 0) is 0 Å². The van der Waals surface area contributed by atoms with Crippen molar-refractivity contribution in [3.63, 3.8) is 0 Å². The van der Waals surface area contributed by atoms with Gasteiger partial charge in [-0.25, -0.2) is 23.5 Å². The van der Waals surface area contributed by atoms with Crippen molar-refractivity contribution in [2.24, 2.45) is 0 Å². The fourth-order valence-corrected chi connectivity index (χ4v) is 4.40. The molecule has 0 aromatic carbocycles. The number of anilines is 3. The van der Waals surface area contributed by atoms with E-state index in [1.165, 1.54) is 23.2 Å². The van der Waals surface area contributed by atoms with Gasteiger partial charge in [-0.1, -0.05) is 0 Å². The van der Waals surface area contributed by atoms with Gasteiger partial charge < -0.3 is 25.2 Å². The number of hydrogen-bond donors (Lipinski definition) is 4. The van der Waals surface area contributed by atoms with Crippen molar-refractivity contribution in [2.45, 2.75) is 43.4 Å². The summed E-state index contributed by atoms with van der Waals surface area (Å²) < 4.78 is 31.9. The number of urea groups is 1. The van der Waals surface area contributed by atoms with E-state index in [-0.39, 0.29) is 30.0 Å². The Morgan fingerprint density at radius 3 is 2.86 bits per heavy atom. The normalized spacial score (nSPS) is 22.3. The Morgan fingerprint density at radius 2 is 2.11 bits per heavy atom. The molecule has 2 aromatic heterocycles. The molecule has 3 atom stereocenters. The van der Waals surface area contributed by atoms with Gasteiger partial charge in [-0.05, 0) is 31.0 Å². The second-order valence-electron chi connectivity index (χ2n) is 9.10. The third-order valence-corrected chi connectivity index (χ3v) is 6.39. The van der Waals surface area contributed by atoms with Crippen molar-refractivity contribution in [3.8, 4) is 5.75 Å². The van der Waals surface area contributed by atoms with Gasteiger partial charge in [0.25, 0.3) is 11.8 Å². The molecule has 5 rings (SSSR count). The highest BCUT2D eigenvalue weighted by Gasteiger charge is 2.58. The number of aliphatic hydroxyl groups is 2. The van der Waals surface area contributed by atoms with Crippen molar-refractivity contribution < 1.29 is 33.3 Å². The minimum Gasteiger partial charge on any atom is -0.491 e. The zero-order valence-electron chi connectivity index (χ0n) is 19.2. The molecule has 36 heavy (non-hydrogen) atoms. The van der Waals surface area contributed by atoms with Crippen molar-refractivity contribution in [1.29, 1.82) is 0 Å². The lowest BCUT2D eigenvalue weighted by atomic mass is 10.00. The molecule has 4 N–H and O–H groups in total. The molecule has 2 aliphatic heterocycles. The highest BCUT2D eigenvalue weighted by Crippen LogP contribution is 2.42. The lowest BCUT2D eigenvalue weighted by molar-refractivity contribution is 0.0536. The zero-order valence-corrected chi connectivity index (χ0v) is 19.2. The Hall–Kier alpha value is -3.58. The van der Waals surface area contributed by atoms with E-state index in [0.29, 0.717) is 18.0 Å². The molecule has 2 unspecified atom stereocenters. The Morgan fingerprint density at radius 1 is 1.31 bits per heavy atom. The summed E-state index contributed by atoms with van der Waals surface area (Å²) in [6.45, 7) is 0.795. The lowest BCUT2D eigenvalue weighted by Crippen LogP contribution is -2.56. The van der Waals surface area contributed by atoms with Gasteiger partial charge in [0.2, 0.25) is 0 Å². The molecule has 1 saturated carbocycles. The largest absolute Gasteiger partial charge is 0.491 e. The van der Waals surface area contributed by atoms with E-state index in [0.717, 1.165) is 19.4 Å². The highest BCUT2D eigenvalue weighted by molar-refractivity contribution is 6.04. The number of aliphatic hydroxyl groups excluding tert-OH is 2. The number of halogens is 2. The van der Waals surface area contributed by atoms with Crippen LogP contribution in [0.1, 0.15) is 29.8 Å². The minimum absolute atomic E-state index is 0.0496. The number of fused-ring (bicyclic) bond motifs is 4. The molecule has 1 aliphatic carbocycles. The third kappa shape index (κ3) is 4.88. The average molecular weight is 504 g/mol. The smallest absolute Gasteiger partial charge is 0.329 e. The van der Waals surface area contributed by atoms with Crippen LogP contribution in [0.3, 0.4) is 0 Å². The monoisotopic (exact) mass is 504 g/mol. The molecule has 4 heterocycles. The van der Waals surface area contributed by atoms with E-state index < -0.39 is 43.0 Å². The zero-order chi connectivity index (χ0) is 25.4. The van der Waals surface area contributed by atoms with E-state index >= 15 is 0 Å². The number of hydrogen-bond acceptors (Lipinski definition) is 8. The SMILES string of the molecule is O=C(NC1CC1(F)F)c1ccc2c(n1)N(C(=O)Nc1cc(OCC(O)CO)ccn1)[C@H]1CCCN2C1. The van der Waals surface area contributed by atoms with Crippen LogP contribution in [0.15, 0.2) is 30.5 Å². The number of alkyl halides is 2. The molecule has 2 bridgehead atoms. The predicted octanol–water partition coefficient (Wildman–Crippen LogP) is 1.37. The molecule has 0 radical (unpaired) electrons. The van der Waals surface area contributed by atoms with Gasteiger partial charge in [0.15, 0.2) is 5.82 Å². The van der Waals surface area contributed by atoms with Crippen LogP contribution in [-0.4, -0.2) is 82.5 Å². The molecular formula is C23H26F2N6O5. The summed E-state index contributed by atoms with van der Waals surface area (Å²) in [7, 11) is 0. The van der Waals surface area contributed by atoms with Gasteiger partial charge in [0, 0.05) is 31.8 Å². The second kappa shape index (κ2) is 9.47. The second-order valence-corrected chi connectivity index (χ2v) is 9.10. The Bertz CT molecular complexity index is 1170. The molecule has 2 aromatic rings. The minimum atomic E-state index is -2.90. The molecule has 1 saturated heterocycles. The number of nitrogens with one attached hydrogen (secondary N) is 2. The number of pyridine rings is 2. The van der Waals surface area contributed by atoms with Gasteiger partial charge in [-0.15, -0.1) is 0 Å². The molecule has 13 heteroatoms. The molecule has 0 spiro atoms. The number of piperidine rings is 1. The number of aromatic nitrogens is 2. The van der Waals surface area contributed by atoms with Gasteiger partial charge in [-0.2, -0.15) is 0 Å². The van der Waals surface area contributed by atoms with E-state index in [4.69, 9.17) is 9.84 Å². The summed E-state index contributed by atoms with van der Waals surface area (Å²) in [5, 5.41) is 23.4. The fourth-order valence-electron chi connectivity index (χ4n) is 4.40. The number of amides is 3. The highest BCUT2D eigenvalue weighted by atomic mass is 19.3. The predicted molar refractivity (Wildman–Crippen MR) is 125 cm³/mol. The molecular weight excluding hydrogens is 478 g/mol. The summed E-state index contributed by atoms with van der Waals surface area (Å²) in [5.74, 6) is -2.81. The lowest BCUT2D eigenvalue weighted by Gasteiger charge is -2.45. The van der Waals surface area contributed by atoms with Gasteiger partial charge >= 0.3 is 6.03 Å². The number of carbonyl (C=O) groups is 2. The number of carbonyl (C=O) groups excluding carboxylic acids is 2. The Kier molecular flexibility index (Phi) is 6.35. The van der Waals surface area contributed by atoms with Gasteiger partial charge in [0.05, 0.1) is 24.4 Å². The van der Waals surface area contributed by atoms with Crippen molar-refractivity contribution >= 4 is 29.3 Å². The van der Waals surface area contributed by atoms with Crippen LogP contribution >= 0.6 is 0 Å². The first-order valence-corrected chi connectivity index (χ1v) is 11.7. The first-order chi connectivity index (χ1) is 17.2. The van der Waals surface area contributed by atoms with E-state index in [1.807, 2.05) is 0 Å². The van der Waals surface area contributed by atoms with Crippen LogP contribution < -0.4 is 25.2 Å². The summed E-state index contributed by atoms with van der Waals surface area (Å²) in [4.78, 5) is 38.1. The molecule has 3 amide bonds. The average Bonchev–Trinajstić information content (AvgIpc) is 3.47. The Labute approximate surface area is 205 Å². The molecule has 192 valence electrons. The number of ether oxygens (including phenoxy) is 1. The van der Waals surface area contributed by atoms with Crippen molar-refractivity contribution in [3.05, 3.63) is 36.2 Å². The van der Waals surface area contributed by atoms with Gasteiger partial charge in [0.1, 0.15) is 30.0 Å². The topological polar surface area (TPSA) is 140 Å². The molecule has 11 nitrogen and oxygen atoms in total.